The summed E-state index contributed by atoms with van der Waals surface area (Å²) >= 11 is 0. The van der Waals surface area contributed by atoms with E-state index in [2.05, 4.69) is 15.3 Å². The third kappa shape index (κ3) is 3.73. The van der Waals surface area contributed by atoms with E-state index in [-0.39, 0.29) is 28.4 Å². The molecule has 2 aliphatic rings. The van der Waals surface area contributed by atoms with E-state index in [4.69, 9.17) is 4.74 Å². The number of carbonyl (C=O) groups is 1. The number of urea groups is 1. The van der Waals surface area contributed by atoms with Crippen LogP contribution in [-0.4, -0.2) is 16.0 Å². The van der Waals surface area contributed by atoms with Crippen molar-refractivity contribution in [1.82, 2.24) is 9.97 Å². The van der Waals surface area contributed by atoms with E-state index in [0.29, 0.717) is 18.4 Å². The first-order chi connectivity index (χ1) is 15.7. The molecule has 0 saturated heterocycles. The maximum Gasteiger partial charge on any atom is 0.433 e. The molecule has 1 N–H and O–H groups in total. The summed E-state index contributed by atoms with van der Waals surface area (Å²) in [7, 11) is 0. The Bertz CT molecular complexity index is 1260. The molecule has 0 fully saturated rings. The second-order valence-corrected chi connectivity index (χ2v) is 7.63. The molecular formula is C22H15F5N4O2. The van der Waals surface area contributed by atoms with Crippen LogP contribution in [0.2, 0.25) is 0 Å². The van der Waals surface area contributed by atoms with Gasteiger partial charge in [0, 0.05) is 24.0 Å². The summed E-state index contributed by atoms with van der Waals surface area (Å²) in [6.07, 6.45) is -2.38. The molecule has 1 aromatic carbocycles. The molecule has 0 bridgehead atoms. The lowest BCUT2D eigenvalue weighted by molar-refractivity contribution is -0.141. The molecule has 2 amide bonds. The smallest absolute Gasteiger partial charge is 0.433 e. The monoisotopic (exact) mass is 462 g/mol. The van der Waals surface area contributed by atoms with Crippen LogP contribution in [0.1, 0.15) is 35.0 Å². The van der Waals surface area contributed by atoms with E-state index in [9.17, 15) is 26.7 Å². The molecule has 0 aliphatic carbocycles. The van der Waals surface area contributed by atoms with Gasteiger partial charge < -0.3 is 10.1 Å². The van der Waals surface area contributed by atoms with Crippen molar-refractivity contribution in [1.29, 1.82) is 0 Å². The van der Waals surface area contributed by atoms with Crippen LogP contribution >= 0.6 is 0 Å². The molecule has 170 valence electrons. The number of halogens is 5. The Morgan fingerprint density at radius 2 is 1.91 bits per heavy atom. The van der Waals surface area contributed by atoms with Crippen molar-refractivity contribution in [2.45, 2.75) is 31.7 Å². The summed E-state index contributed by atoms with van der Waals surface area (Å²) in [5, 5.41) is 2.35. The quantitative estimate of drug-likeness (QED) is 0.519. The van der Waals surface area contributed by atoms with Crippen LogP contribution in [-0.2, 0) is 19.1 Å². The number of rotatable bonds is 2. The predicted octanol–water partition coefficient (Wildman–Crippen LogP) is 5.39. The highest BCUT2D eigenvalue weighted by molar-refractivity contribution is 6.04. The summed E-state index contributed by atoms with van der Waals surface area (Å²) < 4.78 is 75.2. The number of aryl methyl sites for hydroxylation is 1. The van der Waals surface area contributed by atoms with Crippen LogP contribution < -0.4 is 15.0 Å². The Morgan fingerprint density at radius 1 is 1.09 bits per heavy atom. The van der Waals surface area contributed by atoms with Gasteiger partial charge in [-0.3, -0.25) is 14.9 Å². The molecule has 0 spiro atoms. The molecule has 6 nitrogen and oxygen atoms in total. The lowest BCUT2D eigenvalue weighted by Gasteiger charge is -2.32. The van der Waals surface area contributed by atoms with E-state index in [1.54, 1.807) is 0 Å². The zero-order valence-corrected chi connectivity index (χ0v) is 16.8. The average Bonchev–Trinajstić information content (AvgIpc) is 2.77. The number of aromatic nitrogens is 2. The summed E-state index contributed by atoms with van der Waals surface area (Å²) in [5.41, 5.74) is -1.16. The van der Waals surface area contributed by atoms with E-state index in [1.165, 1.54) is 36.5 Å². The Balaban J connectivity index is 1.51. The second kappa shape index (κ2) is 7.68. The van der Waals surface area contributed by atoms with Gasteiger partial charge in [0.25, 0.3) is 0 Å². The van der Waals surface area contributed by atoms with Gasteiger partial charge in [0.1, 0.15) is 29.2 Å². The number of alkyl halides is 3. The molecule has 1 atom stereocenters. The van der Waals surface area contributed by atoms with Crippen LogP contribution in [0.15, 0.2) is 42.7 Å². The minimum absolute atomic E-state index is 0.0427. The number of amides is 2. The van der Waals surface area contributed by atoms with E-state index in [0.717, 1.165) is 11.1 Å². The van der Waals surface area contributed by atoms with Gasteiger partial charge in [-0.05, 0) is 42.7 Å². The number of hydrogen-bond acceptors (Lipinski definition) is 4. The largest absolute Gasteiger partial charge is 0.484 e. The first-order valence-electron chi connectivity index (χ1n) is 9.95. The third-order valence-corrected chi connectivity index (χ3v) is 5.59. The summed E-state index contributed by atoms with van der Waals surface area (Å²) in [6, 6.07) is 5.55. The standard InChI is InChI=1S/C22H15F5N4O2/c23-13-2-1-6-28-19(13)17-4-3-11-8-14(24)16(9-18(11)33-17)31-10-12-15(30-21(31)32)5-7-29-20(12)22(25,26)27/h1-2,5-9,17H,3-4,10H2,(H,30,32). The molecule has 2 aliphatic heterocycles. The number of pyridine rings is 2. The summed E-state index contributed by atoms with van der Waals surface area (Å²) in [5.74, 6) is -1.14. The average molecular weight is 462 g/mol. The zero-order valence-electron chi connectivity index (χ0n) is 16.8. The molecule has 1 unspecified atom stereocenters. The minimum Gasteiger partial charge on any atom is -0.484 e. The fourth-order valence-corrected chi connectivity index (χ4v) is 4.04. The first-order valence-corrected chi connectivity index (χ1v) is 9.95. The Hall–Kier alpha value is -3.76. The van der Waals surface area contributed by atoms with Gasteiger partial charge in [0.15, 0.2) is 5.69 Å². The van der Waals surface area contributed by atoms with Gasteiger partial charge in [-0.15, -0.1) is 0 Å². The van der Waals surface area contributed by atoms with Crippen molar-refractivity contribution in [2.24, 2.45) is 0 Å². The van der Waals surface area contributed by atoms with Gasteiger partial charge in [-0.2, -0.15) is 13.2 Å². The van der Waals surface area contributed by atoms with Crippen molar-refractivity contribution in [3.05, 3.63) is 76.9 Å². The maximum atomic E-state index is 14.9. The summed E-state index contributed by atoms with van der Waals surface area (Å²) in [6.45, 7) is -0.544. The third-order valence-electron chi connectivity index (χ3n) is 5.59. The number of benzene rings is 1. The van der Waals surface area contributed by atoms with Crippen LogP contribution in [0.4, 0.5) is 38.1 Å². The van der Waals surface area contributed by atoms with Gasteiger partial charge in [0.2, 0.25) is 0 Å². The lowest BCUT2D eigenvalue weighted by Crippen LogP contribution is -2.40. The van der Waals surface area contributed by atoms with Crippen molar-refractivity contribution in [3.8, 4) is 5.75 Å². The topological polar surface area (TPSA) is 67.4 Å². The van der Waals surface area contributed by atoms with Crippen LogP contribution in [0.5, 0.6) is 5.75 Å². The molecule has 33 heavy (non-hydrogen) atoms. The van der Waals surface area contributed by atoms with Gasteiger partial charge in [0.05, 0.1) is 17.9 Å². The summed E-state index contributed by atoms with van der Waals surface area (Å²) in [4.78, 5) is 20.9. The van der Waals surface area contributed by atoms with Gasteiger partial charge >= 0.3 is 12.2 Å². The van der Waals surface area contributed by atoms with Crippen LogP contribution in [0.3, 0.4) is 0 Å². The maximum absolute atomic E-state index is 14.9. The van der Waals surface area contributed by atoms with E-state index >= 15 is 0 Å². The number of ether oxygens (including phenoxy) is 1. The fraction of sp³-hybridized carbons (Fsp3) is 0.227. The molecule has 3 aromatic rings. The van der Waals surface area contributed by atoms with Crippen LogP contribution in [0, 0.1) is 11.6 Å². The lowest BCUT2D eigenvalue weighted by atomic mass is 9.98. The number of hydrogen-bond donors (Lipinski definition) is 1. The van der Waals surface area contributed by atoms with Gasteiger partial charge in [-0.25, -0.2) is 13.6 Å². The number of fused-ring (bicyclic) bond motifs is 2. The molecule has 2 aromatic heterocycles. The highest BCUT2D eigenvalue weighted by atomic mass is 19.4. The molecule has 0 saturated carbocycles. The highest BCUT2D eigenvalue weighted by Gasteiger charge is 2.40. The number of anilines is 2. The van der Waals surface area contributed by atoms with E-state index < -0.39 is 42.2 Å². The highest BCUT2D eigenvalue weighted by Crippen LogP contribution is 2.41. The van der Waals surface area contributed by atoms with Crippen molar-refractivity contribution >= 4 is 17.4 Å². The van der Waals surface area contributed by atoms with Crippen molar-refractivity contribution in [2.75, 3.05) is 10.2 Å². The zero-order chi connectivity index (χ0) is 23.3. The number of carbonyl (C=O) groups excluding carboxylic acids is 1. The van der Waals surface area contributed by atoms with Crippen LogP contribution in [0.25, 0.3) is 0 Å². The van der Waals surface area contributed by atoms with Crippen molar-refractivity contribution < 1.29 is 31.5 Å². The molecule has 5 rings (SSSR count). The fourth-order valence-electron chi connectivity index (χ4n) is 4.04. The predicted molar refractivity (Wildman–Crippen MR) is 107 cm³/mol. The SMILES string of the molecule is O=C1Nc2ccnc(C(F)(F)F)c2CN1c1cc2c(cc1F)CCC(c1ncccc1F)O2. The second-order valence-electron chi connectivity index (χ2n) is 7.63. The number of nitrogens with one attached hydrogen (secondary N) is 1. The number of nitrogens with zero attached hydrogens (tertiary/aromatic N) is 3. The van der Waals surface area contributed by atoms with E-state index in [1.807, 2.05) is 0 Å². The molecule has 0 radical (unpaired) electrons. The van der Waals surface area contributed by atoms with Crippen molar-refractivity contribution in [3.63, 3.8) is 0 Å². The molecular weight excluding hydrogens is 447 g/mol. The Kier molecular flexibility index (Phi) is 4.91. The first kappa shape index (κ1) is 21.1. The minimum atomic E-state index is -4.75. The van der Waals surface area contributed by atoms with Gasteiger partial charge in [-0.1, -0.05) is 0 Å². The Morgan fingerprint density at radius 3 is 2.67 bits per heavy atom. The Labute approximate surface area is 184 Å². The molecule has 4 heterocycles. The molecule has 11 heteroatoms. The normalized spacial score (nSPS) is 17.7.